The van der Waals surface area contributed by atoms with E-state index in [1.807, 2.05) is 33.3 Å². The van der Waals surface area contributed by atoms with Crippen LogP contribution in [-0.4, -0.2) is 74.9 Å². The van der Waals surface area contributed by atoms with Crippen molar-refractivity contribution in [3.8, 4) is 0 Å². The quantitative estimate of drug-likeness (QED) is 0.0129. The second-order valence-electron chi connectivity index (χ2n) is 14.7. The normalized spacial score (nSPS) is 14.1. The lowest BCUT2D eigenvalue weighted by atomic mass is 10.1. The number of allylic oxidation sites excluding steroid dienone is 5. The van der Waals surface area contributed by atoms with E-state index in [4.69, 9.17) is 18.5 Å². The lowest BCUT2D eigenvalue weighted by Gasteiger charge is -2.24. The Balaban J connectivity index is 4.52. The maximum Gasteiger partial charge on any atom is 0.472 e. The van der Waals surface area contributed by atoms with Gasteiger partial charge >= 0.3 is 19.8 Å². The minimum atomic E-state index is -4.39. The number of phosphoric ester groups is 1. The van der Waals surface area contributed by atoms with Crippen molar-refractivity contribution in [3.63, 3.8) is 0 Å². The molecule has 0 rings (SSSR count). The third-order valence-electron chi connectivity index (χ3n) is 8.50. The number of hydrogen-bond donors (Lipinski definition) is 1. The second-order valence-corrected chi connectivity index (χ2v) is 16.2. The van der Waals surface area contributed by atoms with Crippen molar-refractivity contribution in [2.24, 2.45) is 0 Å². The molecule has 1 N–H and O–H groups in total. The molecule has 1 unspecified atom stereocenters. The lowest BCUT2D eigenvalue weighted by Crippen LogP contribution is -2.37. The Morgan fingerprint density at radius 2 is 1.14 bits per heavy atom. The van der Waals surface area contributed by atoms with Gasteiger partial charge in [0.25, 0.3) is 0 Å². The van der Waals surface area contributed by atoms with E-state index in [-0.39, 0.29) is 19.6 Å². The van der Waals surface area contributed by atoms with Crippen LogP contribution in [0.25, 0.3) is 0 Å². The molecule has 0 heterocycles. The van der Waals surface area contributed by atoms with Crippen molar-refractivity contribution < 1.29 is 42.1 Å². The van der Waals surface area contributed by atoms with Gasteiger partial charge in [-0.2, -0.15) is 0 Å². The molecule has 0 bridgehead atoms. The van der Waals surface area contributed by atoms with Crippen molar-refractivity contribution in [1.29, 1.82) is 0 Å². The second kappa shape index (κ2) is 34.0. The number of unbranched alkanes of at least 4 members (excludes halogenated alkanes) is 19. The van der Waals surface area contributed by atoms with Gasteiger partial charge in [0.15, 0.2) is 6.10 Å². The molecule has 2 atom stereocenters. The van der Waals surface area contributed by atoms with Gasteiger partial charge in [-0.05, 0) is 44.9 Å². The van der Waals surface area contributed by atoms with Gasteiger partial charge in [0.2, 0.25) is 0 Å². The number of phosphoric acid groups is 1. The Labute approximate surface area is 312 Å². The molecule has 0 aromatic heterocycles. The molecule has 0 amide bonds. The van der Waals surface area contributed by atoms with Crippen LogP contribution in [0.3, 0.4) is 0 Å². The van der Waals surface area contributed by atoms with E-state index < -0.39 is 32.5 Å². The van der Waals surface area contributed by atoms with Gasteiger partial charge in [-0.1, -0.05) is 141 Å². The molecular formula is C41H77NO8P+. The van der Waals surface area contributed by atoms with Gasteiger partial charge in [0, 0.05) is 12.5 Å². The molecule has 0 aliphatic rings. The molecule has 0 aliphatic carbocycles. The van der Waals surface area contributed by atoms with Crippen LogP contribution in [0.1, 0.15) is 162 Å². The molecule has 10 heteroatoms. The van der Waals surface area contributed by atoms with Crippen LogP contribution < -0.4 is 0 Å². The van der Waals surface area contributed by atoms with Crippen LogP contribution in [0.2, 0.25) is 0 Å². The zero-order valence-electron chi connectivity index (χ0n) is 33.3. The van der Waals surface area contributed by atoms with Crippen LogP contribution in [0.4, 0.5) is 0 Å². The monoisotopic (exact) mass is 743 g/mol. The van der Waals surface area contributed by atoms with Gasteiger partial charge in [0.05, 0.1) is 27.7 Å². The molecule has 51 heavy (non-hydrogen) atoms. The fourth-order valence-corrected chi connectivity index (χ4v) is 6.02. The first-order valence-corrected chi connectivity index (χ1v) is 21.8. The van der Waals surface area contributed by atoms with E-state index in [1.54, 1.807) is 6.08 Å². The molecule has 0 spiro atoms. The number of hydrogen-bond acceptors (Lipinski definition) is 7. The molecule has 0 aromatic carbocycles. The summed E-state index contributed by atoms with van der Waals surface area (Å²) in [6.07, 6.45) is 36.8. The molecule has 0 saturated heterocycles. The van der Waals surface area contributed by atoms with Crippen molar-refractivity contribution >= 4 is 19.8 Å². The van der Waals surface area contributed by atoms with E-state index >= 15 is 0 Å². The number of rotatable bonds is 36. The van der Waals surface area contributed by atoms with Gasteiger partial charge in [0.1, 0.15) is 19.8 Å². The number of nitrogens with zero attached hydrogens (tertiary/aromatic N) is 1. The molecule has 0 fully saturated rings. The number of esters is 2. The Morgan fingerprint density at radius 1 is 0.647 bits per heavy atom. The first-order chi connectivity index (χ1) is 24.5. The van der Waals surface area contributed by atoms with Gasteiger partial charge < -0.3 is 18.9 Å². The number of ether oxygens (including phenoxy) is 2. The van der Waals surface area contributed by atoms with Gasteiger partial charge in [-0.25, -0.2) is 9.36 Å². The average Bonchev–Trinajstić information content (AvgIpc) is 3.07. The average molecular weight is 743 g/mol. The highest BCUT2D eigenvalue weighted by atomic mass is 31.2. The maximum absolute atomic E-state index is 12.6. The Morgan fingerprint density at radius 3 is 1.71 bits per heavy atom. The topological polar surface area (TPSA) is 108 Å². The predicted octanol–water partition coefficient (Wildman–Crippen LogP) is 11.0. The Bertz CT molecular complexity index is 975. The molecule has 0 aliphatic heterocycles. The van der Waals surface area contributed by atoms with Crippen LogP contribution in [0, 0.1) is 0 Å². The van der Waals surface area contributed by atoms with Crippen molar-refractivity contribution in [1.82, 2.24) is 0 Å². The molecule has 298 valence electrons. The maximum atomic E-state index is 12.6. The van der Waals surface area contributed by atoms with Gasteiger partial charge in [-0.3, -0.25) is 13.8 Å². The molecular weight excluding hydrogens is 665 g/mol. The zero-order valence-corrected chi connectivity index (χ0v) is 34.2. The summed E-state index contributed by atoms with van der Waals surface area (Å²) in [6, 6.07) is 0. The van der Waals surface area contributed by atoms with E-state index in [0.717, 1.165) is 51.4 Å². The van der Waals surface area contributed by atoms with Crippen molar-refractivity contribution in [2.45, 2.75) is 168 Å². The fraction of sp³-hybridized carbons (Fsp3) is 0.805. The SMILES string of the molecule is CCCCC/C=C/CCCCCCCC(=O)O[C@H](COC(=O)/C=C/C=C/CCCCCCCCCCCCC)COP(=O)(O)OCC[N+](C)(C)C. The Kier molecular flexibility index (Phi) is 32.8. The molecule has 0 saturated carbocycles. The highest BCUT2D eigenvalue weighted by Gasteiger charge is 2.26. The first kappa shape index (κ1) is 49.2. The third kappa shape index (κ3) is 37.8. The molecule has 0 radical (unpaired) electrons. The van der Waals surface area contributed by atoms with E-state index in [0.29, 0.717) is 17.4 Å². The first-order valence-electron chi connectivity index (χ1n) is 20.3. The molecule has 9 nitrogen and oxygen atoms in total. The smallest absolute Gasteiger partial charge is 0.458 e. The van der Waals surface area contributed by atoms with E-state index in [2.05, 4.69) is 26.0 Å². The summed E-state index contributed by atoms with van der Waals surface area (Å²) in [5, 5.41) is 0. The Hall–Kier alpha value is -1.77. The van der Waals surface area contributed by atoms with Gasteiger partial charge in [-0.15, -0.1) is 0 Å². The van der Waals surface area contributed by atoms with Crippen LogP contribution in [0.15, 0.2) is 36.5 Å². The predicted molar refractivity (Wildman–Crippen MR) is 210 cm³/mol. The third-order valence-corrected chi connectivity index (χ3v) is 9.48. The van der Waals surface area contributed by atoms with E-state index in [9.17, 15) is 19.0 Å². The number of carbonyl (C=O) groups excluding carboxylic acids is 2. The summed E-state index contributed by atoms with van der Waals surface area (Å²) in [6.45, 7) is 4.24. The number of carbonyl (C=O) groups is 2. The summed E-state index contributed by atoms with van der Waals surface area (Å²) < 4.78 is 34.0. The number of quaternary nitrogens is 1. The van der Waals surface area contributed by atoms with Crippen LogP contribution in [-0.2, 0) is 32.7 Å². The van der Waals surface area contributed by atoms with E-state index in [1.165, 1.54) is 89.5 Å². The van der Waals surface area contributed by atoms with Crippen molar-refractivity contribution in [3.05, 3.63) is 36.5 Å². The highest BCUT2D eigenvalue weighted by Crippen LogP contribution is 2.43. The minimum Gasteiger partial charge on any atom is -0.458 e. The van der Waals surface area contributed by atoms with Crippen LogP contribution in [0.5, 0.6) is 0 Å². The highest BCUT2D eigenvalue weighted by molar-refractivity contribution is 7.47. The standard InChI is InChI=1S/C41H76NO8P/c1-6-8-10-12-14-16-18-20-21-22-24-25-27-29-31-33-40(43)47-37-39(38-49-51(45,46)48-36-35-42(3,4)5)50-41(44)34-32-30-28-26-23-19-17-15-13-11-9-7-2/h15,17,27,29,31,33,39H,6-14,16,18-26,28,30,32,34-38H2,1-5H3/p+1/b17-15+,29-27+,33-31+/t39-/m1/s1. The number of likely N-dealkylation sites (N-methyl/N-ethyl adjacent to an activating group) is 1. The largest absolute Gasteiger partial charge is 0.472 e. The minimum absolute atomic E-state index is 0.0174. The summed E-state index contributed by atoms with van der Waals surface area (Å²) in [7, 11) is 1.43. The van der Waals surface area contributed by atoms with Crippen LogP contribution >= 0.6 is 7.82 Å². The molecule has 0 aromatic rings. The summed E-state index contributed by atoms with van der Waals surface area (Å²) in [5.41, 5.74) is 0. The fourth-order valence-electron chi connectivity index (χ4n) is 5.27. The summed E-state index contributed by atoms with van der Waals surface area (Å²) in [5.74, 6) is -1.06. The summed E-state index contributed by atoms with van der Waals surface area (Å²) >= 11 is 0. The summed E-state index contributed by atoms with van der Waals surface area (Å²) in [4.78, 5) is 35.1. The van der Waals surface area contributed by atoms with Crippen molar-refractivity contribution in [2.75, 3.05) is 47.5 Å². The zero-order chi connectivity index (χ0) is 37.9. The lowest BCUT2D eigenvalue weighted by molar-refractivity contribution is -0.870.